The fraction of sp³-hybridized carbons (Fsp3) is 0.263. The van der Waals surface area contributed by atoms with Crippen molar-refractivity contribution >= 4 is 58.3 Å². The number of anilines is 1. The maximum absolute atomic E-state index is 13.6. The van der Waals surface area contributed by atoms with E-state index in [4.69, 9.17) is 32.2 Å². The summed E-state index contributed by atoms with van der Waals surface area (Å²) in [5, 5.41) is 0.455. The van der Waals surface area contributed by atoms with Crippen molar-refractivity contribution in [2.45, 2.75) is 18.7 Å². The fourth-order valence-electron chi connectivity index (χ4n) is 2.80. The average molecular weight is 489 g/mol. The summed E-state index contributed by atoms with van der Waals surface area (Å²) in [6, 6.07) is 9.28. The summed E-state index contributed by atoms with van der Waals surface area (Å²) < 4.78 is 39.8. The molecule has 1 aromatic heterocycles. The molecular weight excluding hydrogens is 468 g/mol. The minimum atomic E-state index is -4.02. The van der Waals surface area contributed by atoms with Crippen LogP contribution in [0.15, 0.2) is 53.7 Å². The molecule has 0 saturated carbocycles. The highest BCUT2D eigenvalue weighted by Gasteiger charge is 2.33. The number of benzene rings is 2. The molecule has 0 aliphatic rings. The molecule has 0 N–H and O–H groups in total. The molecule has 7 nitrogen and oxygen atoms in total. The maximum Gasteiger partial charge on any atom is 0.283 e. The van der Waals surface area contributed by atoms with Gasteiger partial charge in [-0.3, -0.25) is 9.97 Å². The zero-order valence-electron chi connectivity index (χ0n) is 16.4. The van der Waals surface area contributed by atoms with E-state index in [9.17, 15) is 8.42 Å². The molecule has 1 heterocycles. The molecule has 0 amide bonds. The molecule has 160 valence electrons. The molecule has 0 spiro atoms. The molecular formula is C19H21Cl2N3O4PS+. The Morgan fingerprint density at radius 3 is 2.13 bits per heavy atom. The highest BCUT2D eigenvalue weighted by molar-refractivity contribution is 7.93. The van der Waals surface area contributed by atoms with Crippen LogP contribution in [0.2, 0.25) is 10.0 Å². The van der Waals surface area contributed by atoms with Crippen molar-refractivity contribution in [1.29, 1.82) is 0 Å². The second-order valence-electron chi connectivity index (χ2n) is 6.08. The predicted molar refractivity (Wildman–Crippen MR) is 122 cm³/mol. The van der Waals surface area contributed by atoms with Crippen LogP contribution in [0.25, 0.3) is 11.0 Å². The second-order valence-corrected chi connectivity index (χ2v) is 10.5. The zero-order chi connectivity index (χ0) is 21.7. The number of hydrogen-bond acceptors (Lipinski definition) is 6. The first-order valence-corrected chi connectivity index (χ1v) is 12.9. The standard InChI is InChI=1S/C19H20Cl2N3O4PS/c1-3-27-29(28-4-2)13-24(16-5-6-18-19(12-16)23-8-7-22-18)30(25,26)17-10-14(20)9-15(21)11-17/h5-12H,3-4,13H2,1-2H3/p+1. The van der Waals surface area contributed by atoms with Crippen LogP contribution in [0.4, 0.5) is 5.69 Å². The van der Waals surface area contributed by atoms with Gasteiger partial charge in [0.05, 0.1) is 34.8 Å². The van der Waals surface area contributed by atoms with Gasteiger partial charge < -0.3 is 0 Å². The molecule has 0 unspecified atom stereocenters. The summed E-state index contributed by atoms with van der Waals surface area (Å²) in [6.45, 7) is 4.50. The fourth-order valence-corrected chi connectivity index (χ4v) is 6.97. The van der Waals surface area contributed by atoms with Crippen molar-refractivity contribution in [3.05, 3.63) is 58.8 Å². The second kappa shape index (κ2) is 10.2. The Balaban J connectivity index is 2.12. The van der Waals surface area contributed by atoms with E-state index in [1.807, 2.05) is 13.8 Å². The Morgan fingerprint density at radius 1 is 0.933 bits per heavy atom. The van der Waals surface area contributed by atoms with Gasteiger partial charge in [-0.25, -0.2) is 21.8 Å². The monoisotopic (exact) mass is 488 g/mol. The van der Waals surface area contributed by atoms with Crippen molar-refractivity contribution in [2.75, 3.05) is 23.8 Å². The van der Waals surface area contributed by atoms with E-state index in [0.29, 0.717) is 29.9 Å². The van der Waals surface area contributed by atoms with E-state index in [-0.39, 0.29) is 21.2 Å². The Morgan fingerprint density at radius 2 is 1.53 bits per heavy atom. The van der Waals surface area contributed by atoms with Gasteiger partial charge in [-0.1, -0.05) is 23.2 Å². The number of aromatic nitrogens is 2. The normalized spacial score (nSPS) is 11.9. The van der Waals surface area contributed by atoms with E-state index < -0.39 is 18.4 Å². The van der Waals surface area contributed by atoms with Gasteiger partial charge in [0.15, 0.2) is 6.29 Å². The molecule has 2 aromatic carbocycles. The van der Waals surface area contributed by atoms with Crippen molar-refractivity contribution in [2.24, 2.45) is 0 Å². The number of rotatable bonds is 9. The summed E-state index contributed by atoms with van der Waals surface area (Å²) in [5.41, 5.74) is 1.64. The Hall–Kier alpha value is -1.54. The highest BCUT2D eigenvalue weighted by Crippen LogP contribution is 2.42. The van der Waals surface area contributed by atoms with E-state index in [1.54, 1.807) is 30.6 Å². The van der Waals surface area contributed by atoms with Crippen molar-refractivity contribution in [1.82, 2.24) is 9.97 Å². The van der Waals surface area contributed by atoms with Gasteiger partial charge in [0.25, 0.3) is 18.4 Å². The first-order chi connectivity index (χ1) is 14.3. The lowest BCUT2D eigenvalue weighted by Gasteiger charge is -2.24. The van der Waals surface area contributed by atoms with Crippen LogP contribution >= 0.6 is 31.6 Å². The first-order valence-electron chi connectivity index (χ1n) is 9.16. The molecule has 0 saturated heterocycles. The number of fused-ring (bicyclic) bond motifs is 1. The third kappa shape index (κ3) is 5.38. The van der Waals surface area contributed by atoms with E-state index in [1.165, 1.54) is 22.5 Å². The zero-order valence-corrected chi connectivity index (χ0v) is 19.7. The molecule has 0 atom stereocenters. The third-order valence-corrected chi connectivity index (χ3v) is 8.26. The van der Waals surface area contributed by atoms with E-state index >= 15 is 0 Å². The number of halogens is 2. The van der Waals surface area contributed by atoms with Gasteiger partial charge >= 0.3 is 0 Å². The minimum absolute atomic E-state index is 0.0198. The molecule has 0 aliphatic carbocycles. The number of hydrogen-bond donors (Lipinski definition) is 0. The highest BCUT2D eigenvalue weighted by atomic mass is 35.5. The summed E-state index contributed by atoms with van der Waals surface area (Å²) in [7, 11) is -5.93. The molecule has 0 radical (unpaired) electrons. The van der Waals surface area contributed by atoms with Crippen LogP contribution in [0, 0.1) is 0 Å². The van der Waals surface area contributed by atoms with Crippen molar-refractivity contribution in [3.63, 3.8) is 0 Å². The van der Waals surface area contributed by atoms with Crippen molar-refractivity contribution in [3.8, 4) is 0 Å². The van der Waals surface area contributed by atoms with Gasteiger partial charge in [-0.15, -0.1) is 0 Å². The topological polar surface area (TPSA) is 81.6 Å². The Labute approximate surface area is 186 Å². The molecule has 3 aromatic rings. The summed E-state index contributed by atoms with van der Waals surface area (Å²) in [4.78, 5) is 8.50. The average Bonchev–Trinajstić information content (AvgIpc) is 2.71. The van der Waals surface area contributed by atoms with E-state index in [0.717, 1.165) is 0 Å². The molecule has 30 heavy (non-hydrogen) atoms. The minimum Gasteiger partial charge on any atom is -0.253 e. The molecule has 11 heteroatoms. The van der Waals surface area contributed by atoms with Crippen LogP contribution in [0.1, 0.15) is 13.8 Å². The Kier molecular flexibility index (Phi) is 7.85. The van der Waals surface area contributed by atoms with Crippen LogP contribution in [0.5, 0.6) is 0 Å². The molecule has 0 fully saturated rings. The number of nitrogens with zero attached hydrogens (tertiary/aromatic N) is 3. The smallest absolute Gasteiger partial charge is 0.253 e. The number of sulfonamides is 1. The lowest BCUT2D eigenvalue weighted by Crippen LogP contribution is -2.32. The van der Waals surface area contributed by atoms with Gasteiger partial charge in [-0.2, -0.15) is 0 Å². The van der Waals surface area contributed by atoms with Gasteiger partial charge in [0.1, 0.15) is 0 Å². The van der Waals surface area contributed by atoms with Crippen LogP contribution in [-0.4, -0.2) is 37.9 Å². The van der Waals surface area contributed by atoms with Gasteiger partial charge in [0.2, 0.25) is 0 Å². The molecule has 3 rings (SSSR count). The molecule has 0 bridgehead atoms. The lowest BCUT2D eigenvalue weighted by atomic mass is 10.2. The maximum atomic E-state index is 13.6. The SMILES string of the molecule is CCO[PH+](CN(c1ccc2nccnc2c1)S(=O)(=O)c1cc(Cl)cc(Cl)c1)OCC. The summed E-state index contributed by atoms with van der Waals surface area (Å²) in [6.07, 6.45) is 3.16. The summed E-state index contributed by atoms with van der Waals surface area (Å²) >= 11 is 12.1. The summed E-state index contributed by atoms with van der Waals surface area (Å²) in [5.74, 6) is 0. The Bertz CT molecular complexity index is 1110. The van der Waals surface area contributed by atoms with Crippen LogP contribution in [-0.2, 0) is 19.1 Å². The first kappa shape index (κ1) is 23.1. The van der Waals surface area contributed by atoms with Crippen LogP contribution in [0.3, 0.4) is 0 Å². The molecule has 0 aliphatic heterocycles. The van der Waals surface area contributed by atoms with Gasteiger partial charge in [-0.05, 0) is 50.2 Å². The van der Waals surface area contributed by atoms with Gasteiger partial charge in [0, 0.05) is 22.4 Å². The lowest BCUT2D eigenvalue weighted by molar-refractivity contribution is 0.270. The quantitative estimate of drug-likeness (QED) is 0.384. The van der Waals surface area contributed by atoms with Crippen LogP contribution < -0.4 is 4.31 Å². The predicted octanol–water partition coefficient (Wildman–Crippen LogP) is 5.21. The van der Waals surface area contributed by atoms with Crippen molar-refractivity contribution < 1.29 is 17.5 Å². The van der Waals surface area contributed by atoms with E-state index in [2.05, 4.69) is 9.97 Å². The largest absolute Gasteiger partial charge is 0.283 e. The third-order valence-electron chi connectivity index (χ3n) is 4.05.